The largest absolute Gasteiger partial charge is 0.444 e. The van der Waals surface area contributed by atoms with E-state index in [1.54, 1.807) is 0 Å². The van der Waals surface area contributed by atoms with Crippen molar-refractivity contribution < 1.29 is 14.6 Å². The predicted octanol–water partition coefficient (Wildman–Crippen LogP) is 2.26. The van der Waals surface area contributed by atoms with Crippen LogP contribution in [0, 0.1) is 17.8 Å². The van der Waals surface area contributed by atoms with Crippen LogP contribution in [0.15, 0.2) is 0 Å². The zero-order valence-corrected chi connectivity index (χ0v) is 11.7. The van der Waals surface area contributed by atoms with E-state index in [0.29, 0.717) is 24.4 Å². The number of ether oxygens (including phenoxy) is 1. The number of carbonyl (C=O) groups excluding carboxylic acids is 1. The van der Waals surface area contributed by atoms with Crippen molar-refractivity contribution in [2.45, 2.75) is 45.6 Å². The van der Waals surface area contributed by atoms with Gasteiger partial charge < -0.3 is 14.7 Å². The Morgan fingerprint density at radius 3 is 2.28 bits per heavy atom. The number of amides is 1. The smallest absolute Gasteiger partial charge is 0.410 e. The Kier molecular flexibility index (Phi) is 3.85. The van der Waals surface area contributed by atoms with Gasteiger partial charge in [0.05, 0.1) is 0 Å². The van der Waals surface area contributed by atoms with Crippen LogP contribution < -0.4 is 0 Å². The number of fused-ring (bicyclic) bond motifs is 1. The van der Waals surface area contributed by atoms with E-state index in [0.717, 1.165) is 32.4 Å². The lowest BCUT2D eigenvalue weighted by Crippen LogP contribution is -2.36. The Hall–Kier alpha value is -0.770. The molecule has 0 aromatic rings. The molecule has 0 unspecified atom stereocenters. The highest BCUT2D eigenvalue weighted by Gasteiger charge is 2.42. The van der Waals surface area contributed by atoms with E-state index in [-0.39, 0.29) is 6.09 Å². The summed E-state index contributed by atoms with van der Waals surface area (Å²) in [6.45, 7) is 7.67. The molecule has 2 fully saturated rings. The Labute approximate surface area is 109 Å². The monoisotopic (exact) mass is 255 g/mol. The fraction of sp³-hybridized carbons (Fsp3) is 0.929. The van der Waals surface area contributed by atoms with Crippen molar-refractivity contribution in [3.63, 3.8) is 0 Å². The third kappa shape index (κ3) is 3.16. The highest BCUT2D eigenvalue weighted by atomic mass is 16.6. The number of nitrogens with zero attached hydrogens (tertiary/aromatic N) is 1. The summed E-state index contributed by atoms with van der Waals surface area (Å²) < 4.78 is 5.41. The second-order valence-electron chi connectivity index (χ2n) is 6.76. The van der Waals surface area contributed by atoms with Gasteiger partial charge in [0.25, 0.3) is 0 Å². The second kappa shape index (κ2) is 5.08. The van der Waals surface area contributed by atoms with E-state index in [4.69, 9.17) is 9.84 Å². The Morgan fingerprint density at radius 1 is 1.28 bits per heavy atom. The molecule has 0 spiro atoms. The first-order chi connectivity index (χ1) is 8.39. The molecule has 1 saturated carbocycles. The molecule has 0 bridgehead atoms. The molecule has 2 rings (SSSR count). The molecule has 4 nitrogen and oxygen atoms in total. The molecule has 3 atom stereocenters. The fourth-order valence-corrected chi connectivity index (χ4v) is 3.32. The van der Waals surface area contributed by atoms with Crippen molar-refractivity contribution in [2.24, 2.45) is 17.8 Å². The van der Waals surface area contributed by atoms with Crippen LogP contribution in [0.2, 0.25) is 0 Å². The Morgan fingerprint density at radius 2 is 1.83 bits per heavy atom. The number of hydrogen-bond acceptors (Lipinski definition) is 3. The standard InChI is InChI=1S/C14H25NO3/c1-14(2,3)18-13(17)15-8-11-6-10(4-5-16)7-12(11)9-15/h10-12,16H,4-9H2,1-3H3/t10-,11-,12+. The van der Waals surface area contributed by atoms with Crippen LogP contribution in [-0.2, 0) is 4.74 Å². The molecule has 0 aromatic carbocycles. The van der Waals surface area contributed by atoms with E-state index in [1.165, 1.54) is 0 Å². The van der Waals surface area contributed by atoms with Gasteiger partial charge in [-0.15, -0.1) is 0 Å². The van der Waals surface area contributed by atoms with Gasteiger partial charge in [0.15, 0.2) is 0 Å². The maximum Gasteiger partial charge on any atom is 0.410 e. The zero-order valence-electron chi connectivity index (χ0n) is 11.7. The van der Waals surface area contributed by atoms with Crippen molar-refractivity contribution >= 4 is 6.09 Å². The quantitative estimate of drug-likeness (QED) is 0.823. The SMILES string of the molecule is CC(C)(C)OC(=O)N1C[C@H]2C[C@@H](CCO)C[C@H]2C1. The molecular formula is C14H25NO3. The minimum atomic E-state index is -0.409. The summed E-state index contributed by atoms with van der Waals surface area (Å²) in [5, 5.41) is 8.97. The molecule has 1 heterocycles. The van der Waals surface area contributed by atoms with Gasteiger partial charge in [-0.2, -0.15) is 0 Å². The van der Waals surface area contributed by atoms with E-state index in [1.807, 2.05) is 25.7 Å². The highest BCUT2D eigenvalue weighted by molar-refractivity contribution is 5.68. The minimum Gasteiger partial charge on any atom is -0.444 e. The lowest BCUT2D eigenvalue weighted by Gasteiger charge is -2.25. The molecule has 2 aliphatic rings. The normalized spacial score (nSPS) is 31.6. The number of hydrogen-bond donors (Lipinski definition) is 1. The average Bonchev–Trinajstić information content (AvgIpc) is 2.72. The van der Waals surface area contributed by atoms with Crippen LogP contribution in [0.4, 0.5) is 4.79 Å². The first-order valence-corrected chi connectivity index (χ1v) is 6.98. The molecule has 104 valence electrons. The van der Waals surface area contributed by atoms with Crippen molar-refractivity contribution in [2.75, 3.05) is 19.7 Å². The minimum absolute atomic E-state index is 0.171. The van der Waals surface area contributed by atoms with Gasteiger partial charge in [0.1, 0.15) is 5.60 Å². The van der Waals surface area contributed by atoms with Crippen LogP contribution in [0.25, 0.3) is 0 Å². The molecule has 1 saturated heterocycles. The summed E-state index contributed by atoms with van der Waals surface area (Å²) in [6.07, 6.45) is 3.06. The molecular weight excluding hydrogens is 230 g/mol. The number of rotatable bonds is 2. The van der Waals surface area contributed by atoms with Gasteiger partial charge in [-0.3, -0.25) is 0 Å². The van der Waals surface area contributed by atoms with Crippen LogP contribution in [0.5, 0.6) is 0 Å². The lowest BCUT2D eigenvalue weighted by molar-refractivity contribution is 0.0276. The van der Waals surface area contributed by atoms with Crippen LogP contribution in [-0.4, -0.2) is 41.4 Å². The van der Waals surface area contributed by atoms with Crippen molar-refractivity contribution in [3.8, 4) is 0 Å². The Bertz CT molecular complexity index is 297. The molecule has 0 radical (unpaired) electrons. The van der Waals surface area contributed by atoms with Gasteiger partial charge in [-0.1, -0.05) is 0 Å². The van der Waals surface area contributed by atoms with Gasteiger partial charge in [0.2, 0.25) is 0 Å². The number of aliphatic hydroxyl groups excluding tert-OH is 1. The van der Waals surface area contributed by atoms with Crippen molar-refractivity contribution in [3.05, 3.63) is 0 Å². The summed E-state index contributed by atoms with van der Waals surface area (Å²) in [6, 6.07) is 0. The third-order valence-corrected chi connectivity index (χ3v) is 4.04. The number of carbonyl (C=O) groups is 1. The third-order valence-electron chi connectivity index (χ3n) is 4.04. The lowest BCUT2D eigenvalue weighted by atomic mass is 10.0. The average molecular weight is 255 g/mol. The maximum absolute atomic E-state index is 12.0. The summed E-state index contributed by atoms with van der Waals surface area (Å²) in [7, 11) is 0. The van der Waals surface area contributed by atoms with Crippen molar-refractivity contribution in [1.29, 1.82) is 0 Å². The first-order valence-electron chi connectivity index (χ1n) is 6.98. The number of aliphatic hydroxyl groups is 1. The van der Waals surface area contributed by atoms with Gasteiger partial charge >= 0.3 is 6.09 Å². The molecule has 0 aromatic heterocycles. The van der Waals surface area contributed by atoms with E-state index in [2.05, 4.69) is 0 Å². The van der Waals surface area contributed by atoms with E-state index >= 15 is 0 Å². The van der Waals surface area contributed by atoms with E-state index in [9.17, 15) is 4.79 Å². The number of likely N-dealkylation sites (tertiary alicyclic amines) is 1. The van der Waals surface area contributed by atoms with Crippen LogP contribution in [0.3, 0.4) is 0 Å². The molecule has 18 heavy (non-hydrogen) atoms. The molecule has 1 aliphatic heterocycles. The van der Waals surface area contributed by atoms with Gasteiger partial charge in [-0.05, 0) is 57.8 Å². The summed E-state index contributed by atoms with van der Waals surface area (Å²) >= 11 is 0. The summed E-state index contributed by atoms with van der Waals surface area (Å²) in [4.78, 5) is 13.8. The predicted molar refractivity (Wildman–Crippen MR) is 69.2 cm³/mol. The van der Waals surface area contributed by atoms with Gasteiger partial charge in [-0.25, -0.2) is 4.79 Å². The van der Waals surface area contributed by atoms with Gasteiger partial charge in [0, 0.05) is 19.7 Å². The topological polar surface area (TPSA) is 49.8 Å². The van der Waals surface area contributed by atoms with E-state index < -0.39 is 5.60 Å². The van der Waals surface area contributed by atoms with Crippen LogP contribution in [0.1, 0.15) is 40.0 Å². The summed E-state index contributed by atoms with van der Waals surface area (Å²) in [5.74, 6) is 1.90. The second-order valence-corrected chi connectivity index (χ2v) is 6.76. The summed E-state index contributed by atoms with van der Waals surface area (Å²) in [5.41, 5.74) is -0.409. The molecule has 1 amide bonds. The highest BCUT2D eigenvalue weighted by Crippen LogP contribution is 2.42. The zero-order chi connectivity index (χ0) is 13.3. The Balaban J connectivity index is 1.83. The fourth-order valence-electron chi connectivity index (χ4n) is 3.32. The first kappa shape index (κ1) is 13.7. The van der Waals surface area contributed by atoms with Crippen LogP contribution >= 0.6 is 0 Å². The maximum atomic E-state index is 12.0. The molecule has 1 aliphatic carbocycles. The van der Waals surface area contributed by atoms with Crippen molar-refractivity contribution in [1.82, 2.24) is 4.90 Å². The molecule has 4 heteroatoms. The molecule has 1 N–H and O–H groups in total.